The summed E-state index contributed by atoms with van der Waals surface area (Å²) in [7, 11) is 0. The fraction of sp³-hybridized carbons (Fsp3) is 0.778. The summed E-state index contributed by atoms with van der Waals surface area (Å²) in [5.74, 6) is 0.248. The molecule has 180 valence electrons. The highest BCUT2D eigenvalue weighted by molar-refractivity contribution is 5.94. The van der Waals surface area contributed by atoms with Crippen molar-refractivity contribution in [3.8, 4) is 0 Å². The maximum atomic E-state index is 9.25. The van der Waals surface area contributed by atoms with Gasteiger partial charge in [-0.25, -0.2) is 4.79 Å². The van der Waals surface area contributed by atoms with Crippen LogP contribution in [0, 0.1) is 0 Å². The van der Waals surface area contributed by atoms with Gasteiger partial charge in [-0.1, -0.05) is 110 Å². The Morgan fingerprint density at radius 2 is 1.39 bits per heavy atom. The highest BCUT2D eigenvalue weighted by Crippen LogP contribution is 2.13. The third kappa shape index (κ3) is 20.1. The minimum atomic E-state index is -0.981. The van der Waals surface area contributed by atoms with E-state index in [1.54, 1.807) is 0 Å². The van der Waals surface area contributed by atoms with Gasteiger partial charge in [0.05, 0.1) is 6.54 Å². The van der Waals surface area contributed by atoms with Crippen LogP contribution in [0.15, 0.2) is 29.8 Å². The molecule has 0 saturated carbocycles. The normalized spacial score (nSPS) is 13.2. The zero-order chi connectivity index (χ0) is 23.0. The SMILES string of the molecule is C=CC(=O)O.CCCCCCCCCCCCCCCC=CC1=NCCN1CCCC. The molecular weight excluding hydrogens is 384 g/mol. The van der Waals surface area contributed by atoms with Crippen LogP contribution in [0.3, 0.4) is 0 Å². The van der Waals surface area contributed by atoms with Crippen molar-refractivity contribution >= 4 is 11.8 Å². The van der Waals surface area contributed by atoms with Crippen LogP contribution >= 0.6 is 0 Å². The molecule has 4 nitrogen and oxygen atoms in total. The lowest BCUT2D eigenvalue weighted by Gasteiger charge is -2.17. The minimum Gasteiger partial charge on any atom is -0.478 e. The summed E-state index contributed by atoms with van der Waals surface area (Å²) in [6, 6.07) is 0. The molecule has 0 aromatic rings. The monoisotopic (exact) mass is 434 g/mol. The number of carboxylic acid groups (broad SMARTS) is 1. The van der Waals surface area contributed by atoms with Gasteiger partial charge in [0, 0.05) is 19.2 Å². The van der Waals surface area contributed by atoms with Crippen LogP contribution < -0.4 is 0 Å². The standard InChI is InChI=1S/C24H46N2.C3H4O2/c1-3-5-7-8-9-10-11-12-13-14-15-16-17-18-19-20-24-25-21-23-26(24)22-6-4-2;1-2-3(4)5/h19-20H,3-18,21-23H2,1-2H3;2H,1H2,(H,4,5). The maximum Gasteiger partial charge on any atom is 0.327 e. The molecule has 1 N–H and O–H groups in total. The molecule has 0 aliphatic carbocycles. The molecule has 0 spiro atoms. The zero-order valence-electron chi connectivity index (χ0n) is 20.6. The third-order valence-electron chi connectivity index (χ3n) is 5.67. The van der Waals surface area contributed by atoms with Gasteiger partial charge in [-0.15, -0.1) is 0 Å². The Morgan fingerprint density at radius 3 is 1.87 bits per heavy atom. The zero-order valence-corrected chi connectivity index (χ0v) is 20.6. The summed E-state index contributed by atoms with van der Waals surface area (Å²) >= 11 is 0. The summed E-state index contributed by atoms with van der Waals surface area (Å²) in [5.41, 5.74) is 0. The molecule has 0 unspecified atom stereocenters. The Bertz CT molecular complexity index is 486. The van der Waals surface area contributed by atoms with Crippen LogP contribution in [-0.4, -0.2) is 41.4 Å². The van der Waals surface area contributed by atoms with Crippen LogP contribution in [0.4, 0.5) is 0 Å². The van der Waals surface area contributed by atoms with Gasteiger partial charge in [0.15, 0.2) is 0 Å². The molecule has 1 heterocycles. The predicted molar refractivity (Wildman–Crippen MR) is 136 cm³/mol. The number of carboxylic acids is 1. The topological polar surface area (TPSA) is 52.9 Å². The molecule has 1 aliphatic rings. The van der Waals surface area contributed by atoms with Crippen molar-refractivity contribution in [3.05, 3.63) is 24.8 Å². The first-order valence-corrected chi connectivity index (χ1v) is 13.0. The van der Waals surface area contributed by atoms with Gasteiger partial charge < -0.3 is 10.0 Å². The Morgan fingerprint density at radius 1 is 0.903 bits per heavy atom. The quantitative estimate of drug-likeness (QED) is 0.167. The molecule has 1 rings (SSSR count). The second-order valence-corrected chi connectivity index (χ2v) is 8.56. The smallest absolute Gasteiger partial charge is 0.327 e. The number of rotatable bonds is 19. The molecule has 0 radical (unpaired) electrons. The number of aliphatic imine (C=N–C) groups is 1. The van der Waals surface area contributed by atoms with Crippen molar-refractivity contribution < 1.29 is 9.90 Å². The molecule has 0 atom stereocenters. The van der Waals surface area contributed by atoms with E-state index in [2.05, 4.69) is 42.5 Å². The molecule has 0 fully saturated rings. The molecular formula is C27H50N2O2. The molecule has 0 amide bonds. The van der Waals surface area contributed by atoms with Crippen LogP contribution in [0.1, 0.15) is 117 Å². The fourth-order valence-electron chi connectivity index (χ4n) is 3.70. The summed E-state index contributed by atoms with van der Waals surface area (Å²) in [5, 5.41) is 7.60. The third-order valence-corrected chi connectivity index (χ3v) is 5.67. The van der Waals surface area contributed by atoms with Crippen LogP contribution in [0.2, 0.25) is 0 Å². The average Bonchev–Trinajstić information content (AvgIpc) is 3.22. The van der Waals surface area contributed by atoms with Gasteiger partial charge in [-0.3, -0.25) is 4.99 Å². The van der Waals surface area contributed by atoms with Crippen molar-refractivity contribution in [2.24, 2.45) is 4.99 Å². The van der Waals surface area contributed by atoms with E-state index < -0.39 is 5.97 Å². The largest absolute Gasteiger partial charge is 0.478 e. The number of carbonyl (C=O) groups is 1. The molecule has 0 bridgehead atoms. The van der Waals surface area contributed by atoms with Gasteiger partial charge in [-0.2, -0.15) is 0 Å². The first-order chi connectivity index (χ1) is 15.2. The Balaban J connectivity index is 0.00000161. The van der Waals surface area contributed by atoms with Crippen LogP contribution in [-0.2, 0) is 4.79 Å². The van der Waals surface area contributed by atoms with Gasteiger partial charge >= 0.3 is 5.97 Å². The van der Waals surface area contributed by atoms with Crippen molar-refractivity contribution in [1.29, 1.82) is 0 Å². The minimum absolute atomic E-state index is 0.833. The number of hydrogen-bond donors (Lipinski definition) is 1. The highest BCUT2D eigenvalue weighted by atomic mass is 16.4. The second-order valence-electron chi connectivity index (χ2n) is 8.56. The van der Waals surface area contributed by atoms with Crippen LogP contribution in [0.5, 0.6) is 0 Å². The Hall–Kier alpha value is -1.58. The average molecular weight is 435 g/mol. The Kier molecular flexibility index (Phi) is 21.9. The number of hydrogen-bond acceptors (Lipinski definition) is 3. The van der Waals surface area contributed by atoms with E-state index in [0.29, 0.717) is 0 Å². The van der Waals surface area contributed by atoms with Gasteiger partial charge in [0.25, 0.3) is 0 Å². The number of nitrogens with zero attached hydrogens (tertiary/aromatic N) is 2. The molecule has 0 aromatic carbocycles. The van der Waals surface area contributed by atoms with E-state index >= 15 is 0 Å². The predicted octanol–water partition coefficient (Wildman–Crippen LogP) is 7.80. The van der Waals surface area contributed by atoms with E-state index in [4.69, 9.17) is 5.11 Å². The first-order valence-electron chi connectivity index (χ1n) is 13.0. The van der Waals surface area contributed by atoms with Gasteiger partial charge in [0.2, 0.25) is 0 Å². The lowest BCUT2D eigenvalue weighted by atomic mass is 10.0. The number of unbranched alkanes of at least 4 members (excludes halogenated alkanes) is 14. The van der Waals surface area contributed by atoms with Crippen molar-refractivity contribution in [2.45, 2.75) is 117 Å². The highest BCUT2D eigenvalue weighted by Gasteiger charge is 2.12. The molecule has 4 heteroatoms. The lowest BCUT2D eigenvalue weighted by Crippen LogP contribution is -2.27. The maximum absolute atomic E-state index is 9.25. The molecule has 0 aromatic heterocycles. The Labute approximate surface area is 192 Å². The number of aliphatic carboxylic acids is 1. The summed E-state index contributed by atoms with van der Waals surface area (Å²) in [6.45, 7) is 10.8. The van der Waals surface area contributed by atoms with Crippen molar-refractivity contribution in [2.75, 3.05) is 19.6 Å². The van der Waals surface area contributed by atoms with E-state index in [-0.39, 0.29) is 0 Å². The van der Waals surface area contributed by atoms with Crippen molar-refractivity contribution in [3.63, 3.8) is 0 Å². The first kappa shape index (κ1) is 29.4. The summed E-state index contributed by atoms with van der Waals surface area (Å²) < 4.78 is 0. The summed E-state index contributed by atoms with van der Waals surface area (Å²) in [6.07, 6.45) is 27.8. The van der Waals surface area contributed by atoms with Gasteiger partial charge in [0.1, 0.15) is 5.84 Å². The lowest BCUT2D eigenvalue weighted by molar-refractivity contribution is -0.131. The molecule has 1 aliphatic heterocycles. The van der Waals surface area contributed by atoms with Crippen LogP contribution in [0.25, 0.3) is 0 Å². The van der Waals surface area contributed by atoms with E-state index in [1.165, 1.54) is 115 Å². The molecule has 31 heavy (non-hydrogen) atoms. The number of amidine groups is 1. The van der Waals surface area contributed by atoms with E-state index in [0.717, 1.165) is 19.2 Å². The van der Waals surface area contributed by atoms with Gasteiger partial charge in [-0.05, 0) is 25.3 Å². The number of allylic oxidation sites excluding steroid dienone is 1. The van der Waals surface area contributed by atoms with E-state index in [9.17, 15) is 4.79 Å². The van der Waals surface area contributed by atoms with E-state index in [1.807, 2.05) is 0 Å². The summed E-state index contributed by atoms with van der Waals surface area (Å²) in [4.78, 5) is 16.3. The fourth-order valence-corrected chi connectivity index (χ4v) is 3.70. The molecule has 0 saturated heterocycles. The second kappa shape index (κ2) is 23.1. The van der Waals surface area contributed by atoms with Crippen molar-refractivity contribution in [1.82, 2.24) is 4.90 Å².